The van der Waals surface area contributed by atoms with E-state index in [-0.39, 0.29) is 18.1 Å². The fourth-order valence-electron chi connectivity index (χ4n) is 4.72. The highest BCUT2D eigenvalue weighted by molar-refractivity contribution is 5.98. The van der Waals surface area contributed by atoms with Gasteiger partial charge in [-0.2, -0.15) is 0 Å². The van der Waals surface area contributed by atoms with Gasteiger partial charge in [0.05, 0.1) is 13.2 Å². The fraction of sp³-hybridized carbons (Fsp3) is 0.542. The van der Waals surface area contributed by atoms with Gasteiger partial charge in [0.2, 0.25) is 0 Å². The van der Waals surface area contributed by atoms with Crippen molar-refractivity contribution in [3.05, 3.63) is 46.9 Å². The number of hydrogen-bond donors (Lipinski definition) is 1. The molecule has 1 saturated carbocycles. The molecule has 6 heteroatoms. The summed E-state index contributed by atoms with van der Waals surface area (Å²) in [4.78, 5) is 24.1. The van der Waals surface area contributed by atoms with Crippen LogP contribution in [0.3, 0.4) is 0 Å². The van der Waals surface area contributed by atoms with E-state index in [9.17, 15) is 4.79 Å². The lowest BCUT2D eigenvalue weighted by molar-refractivity contribution is -0.0579. The Labute approximate surface area is 178 Å². The van der Waals surface area contributed by atoms with Crippen LogP contribution in [0.1, 0.15) is 91.8 Å². The van der Waals surface area contributed by atoms with E-state index in [1.165, 1.54) is 37.7 Å². The zero-order valence-corrected chi connectivity index (χ0v) is 17.9. The van der Waals surface area contributed by atoms with Gasteiger partial charge in [-0.15, -0.1) is 0 Å². The van der Waals surface area contributed by atoms with Crippen molar-refractivity contribution in [3.8, 4) is 0 Å². The molecule has 2 fully saturated rings. The molecule has 1 N–H and O–H groups in total. The Morgan fingerprint density at radius 2 is 1.80 bits per heavy atom. The van der Waals surface area contributed by atoms with Crippen LogP contribution in [0.5, 0.6) is 0 Å². The van der Waals surface area contributed by atoms with Crippen LogP contribution in [0.2, 0.25) is 0 Å². The molecule has 6 nitrogen and oxygen atoms in total. The van der Waals surface area contributed by atoms with Crippen molar-refractivity contribution in [1.29, 1.82) is 0 Å². The van der Waals surface area contributed by atoms with E-state index in [1.807, 2.05) is 18.7 Å². The molecule has 1 aliphatic carbocycles. The molecule has 2 aromatic rings. The summed E-state index contributed by atoms with van der Waals surface area (Å²) in [5.74, 6) is 2.02. The summed E-state index contributed by atoms with van der Waals surface area (Å²) < 4.78 is 5.60. The number of ether oxygens (including phenoxy) is 1. The predicted molar refractivity (Wildman–Crippen MR) is 116 cm³/mol. The number of carbonyl (C=O) groups excluding carboxylic acids is 1. The molecule has 1 amide bonds. The minimum atomic E-state index is -0.106. The van der Waals surface area contributed by atoms with E-state index in [0.29, 0.717) is 24.0 Å². The number of rotatable bonds is 5. The molecule has 1 aromatic carbocycles. The number of benzene rings is 1. The summed E-state index contributed by atoms with van der Waals surface area (Å²) in [6, 6.07) is 8.87. The van der Waals surface area contributed by atoms with Crippen LogP contribution >= 0.6 is 0 Å². The molecule has 1 unspecified atom stereocenters. The summed E-state index contributed by atoms with van der Waals surface area (Å²) in [5.41, 5.74) is 3.82. The average Bonchev–Trinajstić information content (AvgIpc) is 3.05. The van der Waals surface area contributed by atoms with Gasteiger partial charge >= 0.3 is 0 Å². The molecule has 1 atom stereocenters. The number of nitrogens with one attached hydrogen (secondary N) is 1. The summed E-state index contributed by atoms with van der Waals surface area (Å²) in [6.45, 7) is 5.33. The largest absolute Gasteiger partial charge is 0.370 e. The maximum absolute atomic E-state index is 12.9. The Kier molecular flexibility index (Phi) is 5.19. The maximum atomic E-state index is 12.9. The van der Waals surface area contributed by atoms with Crippen molar-refractivity contribution in [3.63, 3.8) is 0 Å². The first-order valence-corrected chi connectivity index (χ1v) is 11.3. The van der Waals surface area contributed by atoms with E-state index < -0.39 is 0 Å². The fourth-order valence-corrected chi connectivity index (χ4v) is 4.72. The number of anilines is 2. The second-order valence-electron chi connectivity index (χ2n) is 9.01. The Morgan fingerprint density at radius 3 is 2.43 bits per heavy atom. The van der Waals surface area contributed by atoms with Crippen molar-refractivity contribution < 1.29 is 9.53 Å². The smallest absolute Gasteiger partial charge is 0.273 e. The van der Waals surface area contributed by atoms with Crippen molar-refractivity contribution >= 4 is 17.4 Å². The molecule has 3 aliphatic rings. The SMILES string of the molecule is CC(C)N1Cc2c(Nc3ccc(C4CCCCC4)cc3)nc(C3CCO3)nc2C1=O. The molecule has 158 valence electrons. The van der Waals surface area contributed by atoms with E-state index in [4.69, 9.17) is 9.72 Å². The standard InChI is InChI=1S/C24H30N4O2/c1-15(2)28-14-19-21(24(28)29)26-23(20-12-13-30-20)27-22(19)25-18-10-8-17(9-11-18)16-6-4-3-5-7-16/h8-11,15-16,20H,3-7,12-14H2,1-2H3,(H,25,26,27). The molecular formula is C24H30N4O2. The minimum Gasteiger partial charge on any atom is -0.370 e. The lowest BCUT2D eigenvalue weighted by atomic mass is 9.84. The first-order chi connectivity index (χ1) is 14.6. The molecule has 0 bridgehead atoms. The Hall–Kier alpha value is -2.47. The van der Waals surface area contributed by atoms with Crippen LogP contribution in [0.25, 0.3) is 0 Å². The zero-order chi connectivity index (χ0) is 20.7. The monoisotopic (exact) mass is 406 g/mol. The number of amides is 1. The lowest BCUT2D eigenvalue weighted by Gasteiger charge is -2.25. The maximum Gasteiger partial charge on any atom is 0.273 e. The van der Waals surface area contributed by atoms with Crippen LogP contribution in [0.15, 0.2) is 24.3 Å². The van der Waals surface area contributed by atoms with Crippen LogP contribution in [-0.4, -0.2) is 33.4 Å². The molecule has 1 aromatic heterocycles. The summed E-state index contributed by atoms with van der Waals surface area (Å²) in [5, 5.41) is 3.47. The van der Waals surface area contributed by atoms with Crippen LogP contribution in [0, 0.1) is 0 Å². The van der Waals surface area contributed by atoms with Crippen LogP contribution in [0.4, 0.5) is 11.5 Å². The highest BCUT2D eigenvalue weighted by Gasteiger charge is 2.36. The van der Waals surface area contributed by atoms with Gasteiger partial charge in [0.15, 0.2) is 5.82 Å². The van der Waals surface area contributed by atoms with Crippen molar-refractivity contribution in [2.75, 3.05) is 11.9 Å². The molecule has 2 aliphatic heterocycles. The van der Waals surface area contributed by atoms with Crippen molar-refractivity contribution in [2.45, 2.75) is 77.0 Å². The number of fused-ring (bicyclic) bond motifs is 1. The van der Waals surface area contributed by atoms with E-state index in [1.54, 1.807) is 0 Å². The quantitative estimate of drug-likeness (QED) is 0.749. The second-order valence-corrected chi connectivity index (χ2v) is 9.01. The Bertz CT molecular complexity index is 931. The van der Waals surface area contributed by atoms with Gasteiger partial charge in [-0.3, -0.25) is 4.79 Å². The first-order valence-electron chi connectivity index (χ1n) is 11.3. The van der Waals surface area contributed by atoms with Crippen LogP contribution < -0.4 is 5.32 Å². The molecule has 30 heavy (non-hydrogen) atoms. The third-order valence-corrected chi connectivity index (χ3v) is 6.68. The molecule has 3 heterocycles. The number of carbonyl (C=O) groups is 1. The molecular weight excluding hydrogens is 376 g/mol. The summed E-state index contributed by atoms with van der Waals surface area (Å²) >= 11 is 0. The van der Waals surface area contributed by atoms with Crippen LogP contribution in [-0.2, 0) is 11.3 Å². The third-order valence-electron chi connectivity index (χ3n) is 6.68. The van der Waals surface area contributed by atoms with Gasteiger partial charge in [-0.25, -0.2) is 9.97 Å². The van der Waals surface area contributed by atoms with Gasteiger partial charge < -0.3 is 15.0 Å². The average molecular weight is 407 g/mol. The number of nitrogens with zero attached hydrogens (tertiary/aromatic N) is 3. The highest BCUT2D eigenvalue weighted by Crippen LogP contribution is 2.36. The zero-order valence-electron chi connectivity index (χ0n) is 17.9. The molecule has 1 saturated heterocycles. The van der Waals surface area contributed by atoms with E-state index in [2.05, 4.69) is 34.6 Å². The third kappa shape index (κ3) is 3.58. The number of aromatic nitrogens is 2. The predicted octanol–water partition coefficient (Wildman–Crippen LogP) is 5.09. The Balaban J connectivity index is 1.43. The van der Waals surface area contributed by atoms with Gasteiger partial charge in [0.25, 0.3) is 5.91 Å². The number of hydrogen-bond acceptors (Lipinski definition) is 5. The minimum absolute atomic E-state index is 0.0151. The van der Waals surface area contributed by atoms with E-state index >= 15 is 0 Å². The van der Waals surface area contributed by atoms with Gasteiger partial charge in [-0.1, -0.05) is 31.4 Å². The summed E-state index contributed by atoms with van der Waals surface area (Å²) in [6.07, 6.45) is 7.43. The highest BCUT2D eigenvalue weighted by atomic mass is 16.5. The molecule has 0 spiro atoms. The summed E-state index contributed by atoms with van der Waals surface area (Å²) in [7, 11) is 0. The van der Waals surface area contributed by atoms with E-state index in [0.717, 1.165) is 30.1 Å². The molecule has 5 rings (SSSR count). The lowest BCUT2D eigenvalue weighted by Crippen LogP contribution is -2.31. The topological polar surface area (TPSA) is 67.3 Å². The van der Waals surface area contributed by atoms with Gasteiger partial charge in [-0.05, 0) is 50.3 Å². The van der Waals surface area contributed by atoms with Crippen molar-refractivity contribution in [2.24, 2.45) is 0 Å². The first kappa shape index (κ1) is 19.5. The Morgan fingerprint density at radius 1 is 1.07 bits per heavy atom. The normalized spacial score (nSPS) is 21.6. The van der Waals surface area contributed by atoms with Gasteiger partial charge in [0, 0.05) is 23.7 Å². The van der Waals surface area contributed by atoms with Crippen molar-refractivity contribution in [1.82, 2.24) is 14.9 Å². The molecule has 0 radical (unpaired) electrons. The van der Waals surface area contributed by atoms with Gasteiger partial charge in [0.1, 0.15) is 17.6 Å². The second kappa shape index (κ2) is 7.99.